The highest BCUT2D eigenvalue weighted by Gasteiger charge is 2.57. The molecule has 0 aromatic carbocycles. The highest BCUT2D eigenvalue weighted by atomic mass is 16.6. The van der Waals surface area contributed by atoms with E-state index in [4.69, 9.17) is 15.9 Å². The van der Waals surface area contributed by atoms with Gasteiger partial charge in [0, 0.05) is 24.2 Å². The molecule has 2 fully saturated rings. The molecule has 2 saturated carbocycles. The van der Waals surface area contributed by atoms with Crippen LogP contribution >= 0.6 is 0 Å². The van der Waals surface area contributed by atoms with Crippen LogP contribution in [0.5, 0.6) is 0 Å². The van der Waals surface area contributed by atoms with E-state index in [0.29, 0.717) is 17.8 Å². The van der Waals surface area contributed by atoms with Crippen molar-refractivity contribution in [2.45, 2.75) is 38.0 Å². The van der Waals surface area contributed by atoms with Gasteiger partial charge in [0.2, 0.25) is 0 Å². The molecule has 0 radical (unpaired) electrons. The Morgan fingerprint density at radius 2 is 1.93 bits per heavy atom. The number of hydrogen-bond donors (Lipinski definition) is 3. The number of aromatic nitrogens is 2. The summed E-state index contributed by atoms with van der Waals surface area (Å²) in [5, 5.41) is 18.4. The summed E-state index contributed by atoms with van der Waals surface area (Å²) in [6.45, 7) is 1.41. The second kappa shape index (κ2) is 8.00. The number of fused-ring (bicyclic) bond motifs is 2. The smallest absolute Gasteiger partial charge is 0.334 e. The van der Waals surface area contributed by atoms with Crippen LogP contribution in [0.15, 0.2) is 48.8 Å². The van der Waals surface area contributed by atoms with Gasteiger partial charge in [-0.1, -0.05) is 12.1 Å². The zero-order valence-corrected chi connectivity index (χ0v) is 16.3. The summed E-state index contributed by atoms with van der Waals surface area (Å²) < 4.78 is 5.59. The fourth-order valence-corrected chi connectivity index (χ4v) is 5.11. The van der Waals surface area contributed by atoms with Crippen LogP contribution in [0, 0.1) is 29.1 Å². The number of pyridine rings is 2. The lowest BCUT2D eigenvalue weighted by Crippen LogP contribution is -2.43. The van der Waals surface area contributed by atoms with Crippen molar-refractivity contribution in [3.63, 3.8) is 0 Å². The summed E-state index contributed by atoms with van der Waals surface area (Å²) in [5.41, 5.74) is 8.51. The van der Waals surface area contributed by atoms with E-state index >= 15 is 0 Å². The summed E-state index contributed by atoms with van der Waals surface area (Å²) >= 11 is 0. The largest absolute Gasteiger partial charge is 0.460 e. The normalized spacial score (nSPS) is 30.0. The van der Waals surface area contributed by atoms with Crippen LogP contribution in [0.4, 0.5) is 0 Å². The molecule has 0 saturated heterocycles. The van der Waals surface area contributed by atoms with Crippen molar-refractivity contribution in [3.05, 3.63) is 60.2 Å². The summed E-state index contributed by atoms with van der Waals surface area (Å²) in [7, 11) is 0. The second-order valence-corrected chi connectivity index (χ2v) is 8.06. The Balaban J connectivity index is 1.65. The molecule has 2 aliphatic carbocycles. The first kappa shape index (κ1) is 19.7. The van der Waals surface area contributed by atoms with Crippen molar-refractivity contribution < 1.29 is 14.6 Å². The van der Waals surface area contributed by atoms with Crippen LogP contribution in [0.1, 0.15) is 37.2 Å². The maximum Gasteiger partial charge on any atom is 0.334 e. The molecule has 7 nitrogen and oxygen atoms in total. The lowest BCUT2D eigenvalue weighted by atomic mass is 9.70. The van der Waals surface area contributed by atoms with Crippen LogP contribution in [0.3, 0.4) is 0 Å². The fourth-order valence-electron chi connectivity index (χ4n) is 5.11. The zero-order valence-electron chi connectivity index (χ0n) is 16.3. The molecule has 2 aromatic rings. The number of hydrogen-bond acceptors (Lipinski definition) is 7. The number of esters is 1. The Hall–Kier alpha value is -2.64. The van der Waals surface area contributed by atoms with E-state index in [-0.39, 0.29) is 35.8 Å². The minimum Gasteiger partial charge on any atom is -0.460 e. The van der Waals surface area contributed by atoms with Crippen molar-refractivity contribution in [3.8, 4) is 0 Å². The summed E-state index contributed by atoms with van der Waals surface area (Å²) in [6, 6.07) is 10.9. The van der Waals surface area contributed by atoms with Crippen LogP contribution in [0.25, 0.3) is 0 Å². The third-order valence-electron chi connectivity index (χ3n) is 6.33. The molecule has 2 aromatic heterocycles. The molecule has 6 unspecified atom stereocenters. The van der Waals surface area contributed by atoms with E-state index < -0.39 is 12.1 Å². The molecule has 7 heteroatoms. The number of ether oxygens (including phenoxy) is 1. The number of nitrogens with zero attached hydrogens (tertiary/aromatic N) is 2. The highest BCUT2D eigenvalue weighted by Crippen LogP contribution is 2.57. The van der Waals surface area contributed by atoms with Gasteiger partial charge in [-0.2, -0.15) is 0 Å². The van der Waals surface area contributed by atoms with Gasteiger partial charge in [0.1, 0.15) is 12.2 Å². The minimum absolute atomic E-state index is 0.0167. The first-order chi connectivity index (χ1) is 14.0. The van der Waals surface area contributed by atoms with Crippen LogP contribution in [-0.2, 0) is 9.53 Å². The van der Waals surface area contributed by atoms with Gasteiger partial charge in [-0.25, -0.2) is 4.79 Å². The van der Waals surface area contributed by atoms with Crippen molar-refractivity contribution in [2.75, 3.05) is 0 Å². The maximum atomic E-state index is 12.0. The third-order valence-corrected chi connectivity index (χ3v) is 6.33. The van der Waals surface area contributed by atoms with E-state index in [1.165, 1.54) is 6.92 Å². The van der Waals surface area contributed by atoms with Gasteiger partial charge in [0.15, 0.2) is 0 Å². The van der Waals surface area contributed by atoms with Crippen molar-refractivity contribution in [2.24, 2.45) is 29.4 Å². The van der Waals surface area contributed by atoms with Gasteiger partial charge in [-0.05, 0) is 55.9 Å². The lowest BCUT2D eigenvalue weighted by molar-refractivity contribution is -0.161. The van der Waals surface area contributed by atoms with Crippen molar-refractivity contribution in [1.82, 2.24) is 9.97 Å². The molecule has 29 heavy (non-hydrogen) atoms. The third kappa shape index (κ3) is 3.68. The molecule has 7 atom stereocenters. The van der Waals surface area contributed by atoms with E-state index in [1.807, 2.05) is 36.4 Å². The van der Waals surface area contributed by atoms with Crippen LogP contribution in [-0.4, -0.2) is 39.0 Å². The van der Waals surface area contributed by atoms with Gasteiger partial charge < -0.3 is 21.0 Å². The predicted molar refractivity (Wildman–Crippen MR) is 107 cm³/mol. The van der Waals surface area contributed by atoms with Crippen LogP contribution in [0.2, 0.25) is 0 Å². The summed E-state index contributed by atoms with van der Waals surface area (Å²) in [4.78, 5) is 20.8. The first-order valence-electron chi connectivity index (χ1n) is 10.0. The lowest BCUT2D eigenvalue weighted by Gasteiger charge is -2.38. The molecule has 2 bridgehead atoms. The standard InChI is InChI=1S/C22H26N4O3/c1-12(27)22(28)29-17-11-13-10-14(17)19(21(24)16-7-3-5-9-26-16)18(13)20(23)15-6-2-4-8-25-15/h2-9,12-14,17-20,24,27H,10-11,23H2,1H3/t12-,13?,14?,17?,18?,19?,20?/m0/s1. The van der Waals surface area contributed by atoms with E-state index in [2.05, 4.69) is 9.97 Å². The van der Waals surface area contributed by atoms with Gasteiger partial charge >= 0.3 is 5.97 Å². The molecule has 0 amide bonds. The summed E-state index contributed by atoms with van der Waals surface area (Å²) in [5.74, 6) is -0.579. The van der Waals surface area contributed by atoms with Gasteiger partial charge in [-0.3, -0.25) is 9.97 Å². The van der Waals surface area contributed by atoms with Crippen molar-refractivity contribution >= 4 is 11.7 Å². The highest BCUT2D eigenvalue weighted by molar-refractivity contribution is 5.99. The Morgan fingerprint density at radius 1 is 1.21 bits per heavy atom. The van der Waals surface area contributed by atoms with E-state index in [1.54, 1.807) is 12.4 Å². The average molecular weight is 394 g/mol. The first-order valence-corrected chi connectivity index (χ1v) is 10.0. The monoisotopic (exact) mass is 394 g/mol. The number of carbonyl (C=O) groups is 1. The SMILES string of the molecule is C[C@H](O)C(=O)OC1CC2CC1C(C(=N)c1ccccn1)C2C(N)c1ccccn1. The predicted octanol–water partition coefficient (Wildman–Crippen LogP) is 2.11. The van der Waals surface area contributed by atoms with E-state index in [0.717, 1.165) is 12.1 Å². The fraction of sp³-hybridized carbons (Fsp3) is 0.455. The van der Waals surface area contributed by atoms with Gasteiger partial charge in [0.05, 0.1) is 23.1 Å². The number of rotatable bonds is 6. The Morgan fingerprint density at radius 3 is 2.55 bits per heavy atom. The Kier molecular flexibility index (Phi) is 5.43. The van der Waals surface area contributed by atoms with Crippen LogP contribution < -0.4 is 5.73 Å². The molecule has 152 valence electrons. The van der Waals surface area contributed by atoms with E-state index in [9.17, 15) is 9.90 Å². The second-order valence-electron chi connectivity index (χ2n) is 8.06. The molecule has 2 heterocycles. The van der Waals surface area contributed by atoms with Crippen molar-refractivity contribution in [1.29, 1.82) is 5.41 Å². The number of aliphatic hydroxyl groups excluding tert-OH is 1. The van der Waals surface area contributed by atoms with Gasteiger partial charge in [0.25, 0.3) is 0 Å². The minimum atomic E-state index is -1.16. The quantitative estimate of drug-likeness (QED) is 0.509. The molecular weight excluding hydrogens is 368 g/mol. The maximum absolute atomic E-state index is 12.0. The molecule has 4 N–H and O–H groups in total. The Bertz CT molecular complexity index is 874. The molecule has 4 rings (SSSR count). The Labute approximate surface area is 169 Å². The molecule has 2 aliphatic rings. The number of carbonyl (C=O) groups excluding carboxylic acids is 1. The number of nitrogens with two attached hydrogens (primary N) is 1. The van der Waals surface area contributed by atoms with Gasteiger partial charge in [-0.15, -0.1) is 0 Å². The summed E-state index contributed by atoms with van der Waals surface area (Å²) in [6.07, 6.45) is 3.46. The number of aliphatic hydroxyl groups is 1. The molecule has 0 spiro atoms. The zero-order chi connectivity index (χ0) is 20.5. The topological polar surface area (TPSA) is 122 Å². The molecule has 0 aliphatic heterocycles. The number of nitrogens with one attached hydrogen (secondary N) is 1. The molecular formula is C22H26N4O3. The average Bonchev–Trinajstić information content (AvgIpc) is 3.32.